The Morgan fingerprint density at radius 1 is 1.44 bits per heavy atom. The van der Waals surface area contributed by atoms with Crippen LogP contribution in [0.15, 0.2) is 24.3 Å². The molecule has 18 heavy (non-hydrogen) atoms. The second-order valence-electron chi connectivity index (χ2n) is 5.74. The zero-order chi connectivity index (χ0) is 13.2. The number of nitriles is 1. The van der Waals surface area contributed by atoms with E-state index in [2.05, 4.69) is 43.1 Å². The summed E-state index contributed by atoms with van der Waals surface area (Å²) < 4.78 is 0. The summed E-state index contributed by atoms with van der Waals surface area (Å²) in [7, 11) is 0. The summed E-state index contributed by atoms with van der Waals surface area (Å²) in [6.07, 6.45) is 1.13. The van der Waals surface area contributed by atoms with Crippen molar-refractivity contribution in [2.24, 2.45) is 0 Å². The van der Waals surface area contributed by atoms with E-state index in [4.69, 9.17) is 5.26 Å². The molecule has 1 atom stereocenters. The predicted molar refractivity (Wildman–Crippen MR) is 74.7 cm³/mol. The Morgan fingerprint density at radius 3 is 2.94 bits per heavy atom. The van der Waals surface area contributed by atoms with Gasteiger partial charge in [-0.1, -0.05) is 6.07 Å². The maximum absolute atomic E-state index is 9.00. The van der Waals surface area contributed by atoms with Gasteiger partial charge in [-0.3, -0.25) is 0 Å². The quantitative estimate of drug-likeness (QED) is 0.823. The first kappa shape index (κ1) is 12.9. The highest BCUT2D eigenvalue weighted by Gasteiger charge is 2.28. The highest BCUT2D eigenvalue weighted by atomic mass is 15.2. The molecule has 1 aromatic carbocycles. The van der Waals surface area contributed by atoms with Crippen LogP contribution in [-0.4, -0.2) is 24.7 Å². The van der Waals surface area contributed by atoms with E-state index in [0.29, 0.717) is 6.04 Å². The Labute approximate surface area is 109 Å². The smallest absolute Gasteiger partial charge is 0.0992 e. The van der Waals surface area contributed by atoms with Gasteiger partial charge < -0.3 is 10.2 Å². The summed E-state index contributed by atoms with van der Waals surface area (Å²) in [5, 5.41) is 12.6. The fourth-order valence-electron chi connectivity index (χ4n) is 2.51. The second kappa shape index (κ2) is 4.99. The predicted octanol–water partition coefficient (Wildman–Crippen LogP) is 2.53. The minimum absolute atomic E-state index is 0.105. The number of anilines is 1. The van der Waals surface area contributed by atoms with Crippen molar-refractivity contribution >= 4 is 5.69 Å². The lowest BCUT2D eigenvalue weighted by atomic mass is 10.0. The molecular formula is C15H21N3. The maximum Gasteiger partial charge on any atom is 0.0992 e. The van der Waals surface area contributed by atoms with Crippen molar-refractivity contribution in [2.45, 2.75) is 38.8 Å². The minimum Gasteiger partial charge on any atom is -0.367 e. The van der Waals surface area contributed by atoms with Crippen molar-refractivity contribution in [3.8, 4) is 6.07 Å². The number of nitrogens with one attached hydrogen (secondary N) is 1. The van der Waals surface area contributed by atoms with Gasteiger partial charge in [0.05, 0.1) is 11.6 Å². The van der Waals surface area contributed by atoms with Crippen molar-refractivity contribution in [1.82, 2.24) is 5.32 Å². The van der Waals surface area contributed by atoms with Crippen LogP contribution < -0.4 is 10.2 Å². The van der Waals surface area contributed by atoms with Crippen LogP contribution in [0.2, 0.25) is 0 Å². The number of hydrogen-bond acceptors (Lipinski definition) is 3. The van der Waals surface area contributed by atoms with Gasteiger partial charge in [0.2, 0.25) is 0 Å². The topological polar surface area (TPSA) is 39.1 Å². The number of benzene rings is 1. The molecule has 0 aliphatic carbocycles. The summed E-state index contributed by atoms with van der Waals surface area (Å²) in [5.41, 5.74) is 1.99. The van der Waals surface area contributed by atoms with Crippen molar-refractivity contribution in [3.05, 3.63) is 29.8 Å². The van der Waals surface area contributed by atoms with Crippen LogP contribution in [0, 0.1) is 11.3 Å². The monoisotopic (exact) mass is 243 g/mol. The van der Waals surface area contributed by atoms with Gasteiger partial charge in [0.25, 0.3) is 0 Å². The van der Waals surface area contributed by atoms with Crippen LogP contribution >= 0.6 is 0 Å². The standard InChI is InChI=1S/C15H21N3/c1-12-7-8-17-15(2,3)11-18(12)14-6-4-5-13(9-14)10-16/h4-6,9,12,17H,7-8,11H2,1-3H3. The summed E-state index contributed by atoms with van der Waals surface area (Å²) in [4.78, 5) is 2.40. The molecular weight excluding hydrogens is 222 g/mol. The lowest BCUT2D eigenvalue weighted by molar-refractivity contribution is 0.415. The van der Waals surface area contributed by atoms with Crippen LogP contribution in [0.3, 0.4) is 0 Å². The molecule has 1 aliphatic rings. The molecule has 1 N–H and O–H groups in total. The first-order valence-electron chi connectivity index (χ1n) is 6.54. The molecule has 1 saturated heterocycles. The summed E-state index contributed by atoms with van der Waals surface area (Å²) in [6.45, 7) is 8.71. The number of rotatable bonds is 1. The average Bonchev–Trinajstić information content (AvgIpc) is 2.48. The largest absolute Gasteiger partial charge is 0.367 e. The molecule has 3 heteroatoms. The molecule has 1 heterocycles. The minimum atomic E-state index is 0.105. The van der Waals surface area contributed by atoms with E-state index < -0.39 is 0 Å². The molecule has 0 spiro atoms. The van der Waals surface area contributed by atoms with E-state index in [-0.39, 0.29) is 5.54 Å². The van der Waals surface area contributed by atoms with Crippen LogP contribution in [-0.2, 0) is 0 Å². The van der Waals surface area contributed by atoms with E-state index in [1.807, 2.05) is 18.2 Å². The van der Waals surface area contributed by atoms with Gasteiger partial charge in [0.1, 0.15) is 0 Å². The molecule has 96 valence electrons. The van der Waals surface area contributed by atoms with Crippen LogP contribution in [0.5, 0.6) is 0 Å². The van der Waals surface area contributed by atoms with Gasteiger partial charge >= 0.3 is 0 Å². The van der Waals surface area contributed by atoms with Gasteiger partial charge in [-0.05, 0) is 51.9 Å². The fraction of sp³-hybridized carbons (Fsp3) is 0.533. The average molecular weight is 243 g/mol. The van der Waals surface area contributed by atoms with E-state index in [9.17, 15) is 0 Å². The highest BCUT2D eigenvalue weighted by Crippen LogP contribution is 2.24. The fourth-order valence-corrected chi connectivity index (χ4v) is 2.51. The van der Waals surface area contributed by atoms with Crippen molar-refractivity contribution in [2.75, 3.05) is 18.0 Å². The molecule has 0 saturated carbocycles. The Balaban J connectivity index is 2.31. The molecule has 0 amide bonds. The molecule has 1 unspecified atom stereocenters. The van der Waals surface area contributed by atoms with Crippen molar-refractivity contribution in [3.63, 3.8) is 0 Å². The Kier molecular flexibility index (Phi) is 3.58. The zero-order valence-corrected chi connectivity index (χ0v) is 11.4. The van der Waals surface area contributed by atoms with Gasteiger partial charge in [-0.15, -0.1) is 0 Å². The van der Waals surface area contributed by atoms with E-state index >= 15 is 0 Å². The third-order valence-electron chi connectivity index (χ3n) is 3.57. The molecule has 2 rings (SSSR count). The molecule has 1 fully saturated rings. The summed E-state index contributed by atoms with van der Waals surface area (Å²) >= 11 is 0. The molecule has 0 bridgehead atoms. The lowest BCUT2D eigenvalue weighted by Gasteiger charge is -2.34. The normalized spacial score (nSPS) is 23.2. The van der Waals surface area contributed by atoms with E-state index in [1.165, 1.54) is 0 Å². The van der Waals surface area contributed by atoms with Gasteiger partial charge in [-0.2, -0.15) is 5.26 Å². The second-order valence-corrected chi connectivity index (χ2v) is 5.74. The molecule has 1 aromatic rings. The third-order valence-corrected chi connectivity index (χ3v) is 3.57. The van der Waals surface area contributed by atoms with Crippen LogP contribution in [0.4, 0.5) is 5.69 Å². The van der Waals surface area contributed by atoms with Crippen molar-refractivity contribution < 1.29 is 0 Å². The van der Waals surface area contributed by atoms with E-state index in [0.717, 1.165) is 30.8 Å². The third kappa shape index (κ3) is 2.83. The Morgan fingerprint density at radius 2 is 2.22 bits per heavy atom. The molecule has 0 aromatic heterocycles. The van der Waals surface area contributed by atoms with Gasteiger partial charge in [0.15, 0.2) is 0 Å². The lowest BCUT2D eigenvalue weighted by Crippen LogP contribution is -2.47. The van der Waals surface area contributed by atoms with Crippen LogP contribution in [0.1, 0.15) is 32.8 Å². The zero-order valence-electron chi connectivity index (χ0n) is 11.4. The summed E-state index contributed by atoms with van der Waals surface area (Å²) in [6, 6.07) is 10.6. The Hall–Kier alpha value is -1.53. The first-order valence-corrected chi connectivity index (χ1v) is 6.54. The maximum atomic E-state index is 9.00. The SMILES string of the molecule is CC1CCNC(C)(C)CN1c1cccc(C#N)c1. The Bertz CT molecular complexity index is 459. The van der Waals surface area contributed by atoms with Crippen LogP contribution in [0.25, 0.3) is 0 Å². The summed E-state index contributed by atoms with van der Waals surface area (Å²) in [5.74, 6) is 0. The first-order chi connectivity index (χ1) is 8.52. The van der Waals surface area contributed by atoms with Gasteiger partial charge in [-0.25, -0.2) is 0 Å². The number of nitrogens with zero attached hydrogens (tertiary/aromatic N) is 2. The van der Waals surface area contributed by atoms with Crippen molar-refractivity contribution in [1.29, 1.82) is 5.26 Å². The number of hydrogen-bond donors (Lipinski definition) is 1. The van der Waals surface area contributed by atoms with E-state index in [1.54, 1.807) is 0 Å². The molecule has 1 aliphatic heterocycles. The van der Waals surface area contributed by atoms with Gasteiger partial charge in [0, 0.05) is 23.8 Å². The molecule has 3 nitrogen and oxygen atoms in total. The highest BCUT2D eigenvalue weighted by molar-refractivity contribution is 5.52. The molecule has 0 radical (unpaired) electrons.